The van der Waals surface area contributed by atoms with Crippen LogP contribution < -0.4 is 5.32 Å². The van der Waals surface area contributed by atoms with E-state index in [4.69, 9.17) is 5.11 Å². The molecule has 0 saturated heterocycles. The van der Waals surface area contributed by atoms with E-state index in [0.717, 1.165) is 0 Å². The van der Waals surface area contributed by atoms with Crippen molar-refractivity contribution in [1.82, 2.24) is 9.78 Å². The van der Waals surface area contributed by atoms with Crippen LogP contribution in [0.25, 0.3) is 0 Å². The predicted molar refractivity (Wildman–Crippen MR) is 59.3 cm³/mol. The van der Waals surface area contributed by atoms with E-state index in [1.807, 2.05) is 0 Å². The minimum Gasteiger partial charge on any atom is -0.508 e. The van der Waals surface area contributed by atoms with Crippen LogP contribution in [0.4, 0.5) is 5.69 Å². The highest BCUT2D eigenvalue weighted by Gasteiger charge is 2.07. The standard InChI is InChI=1S/C11H11N3O2/c1-14-7-8(6-12-14)11(16)13-9-2-4-10(15)5-3-9/h2-7,15H,1H3,(H,13,16). The number of amides is 1. The summed E-state index contributed by atoms with van der Waals surface area (Å²) in [5.41, 5.74) is 1.13. The molecule has 0 unspecified atom stereocenters. The molecule has 16 heavy (non-hydrogen) atoms. The summed E-state index contributed by atoms with van der Waals surface area (Å²) in [5.74, 6) is -0.0573. The summed E-state index contributed by atoms with van der Waals surface area (Å²) in [4.78, 5) is 11.7. The van der Waals surface area contributed by atoms with Crippen LogP contribution in [0, 0.1) is 0 Å². The second kappa shape index (κ2) is 4.06. The molecule has 2 aromatic rings. The zero-order chi connectivity index (χ0) is 11.5. The van der Waals surface area contributed by atoms with Crippen LogP contribution in [-0.2, 0) is 7.05 Å². The van der Waals surface area contributed by atoms with Gasteiger partial charge in [0.25, 0.3) is 5.91 Å². The zero-order valence-corrected chi connectivity index (χ0v) is 8.71. The van der Waals surface area contributed by atoms with Crippen molar-refractivity contribution in [2.75, 3.05) is 5.32 Å². The van der Waals surface area contributed by atoms with Gasteiger partial charge in [0.05, 0.1) is 11.8 Å². The average Bonchev–Trinajstić information content (AvgIpc) is 2.68. The molecule has 1 aromatic carbocycles. The first-order valence-electron chi connectivity index (χ1n) is 4.74. The summed E-state index contributed by atoms with van der Waals surface area (Å²) in [7, 11) is 1.75. The normalized spacial score (nSPS) is 10.1. The van der Waals surface area contributed by atoms with Crippen LogP contribution in [0.5, 0.6) is 5.75 Å². The third-order valence-corrected chi connectivity index (χ3v) is 2.09. The Bertz CT molecular complexity index is 502. The number of aromatic nitrogens is 2. The number of hydrogen-bond acceptors (Lipinski definition) is 3. The lowest BCUT2D eigenvalue weighted by atomic mass is 10.3. The van der Waals surface area contributed by atoms with E-state index in [1.165, 1.54) is 18.3 Å². The zero-order valence-electron chi connectivity index (χ0n) is 8.71. The first-order valence-corrected chi connectivity index (χ1v) is 4.74. The number of hydrogen-bond donors (Lipinski definition) is 2. The van der Waals surface area contributed by atoms with Gasteiger partial charge >= 0.3 is 0 Å². The molecule has 5 nitrogen and oxygen atoms in total. The molecule has 0 fully saturated rings. The van der Waals surface area contributed by atoms with Crippen molar-refractivity contribution in [3.8, 4) is 5.75 Å². The molecule has 0 aliphatic carbocycles. The third-order valence-electron chi connectivity index (χ3n) is 2.09. The number of carbonyl (C=O) groups excluding carboxylic acids is 1. The van der Waals surface area contributed by atoms with Crippen molar-refractivity contribution in [2.24, 2.45) is 7.05 Å². The molecule has 0 bridgehead atoms. The average molecular weight is 217 g/mol. The quantitative estimate of drug-likeness (QED) is 0.747. The summed E-state index contributed by atoms with van der Waals surface area (Å²) in [6.45, 7) is 0. The van der Waals surface area contributed by atoms with Crippen LogP contribution >= 0.6 is 0 Å². The van der Waals surface area contributed by atoms with Gasteiger partial charge in [-0.2, -0.15) is 5.10 Å². The second-order valence-electron chi connectivity index (χ2n) is 3.40. The van der Waals surface area contributed by atoms with E-state index in [0.29, 0.717) is 11.3 Å². The number of carbonyl (C=O) groups is 1. The third kappa shape index (κ3) is 2.20. The summed E-state index contributed by atoms with van der Waals surface area (Å²) >= 11 is 0. The van der Waals surface area contributed by atoms with E-state index < -0.39 is 0 Å². The van der Waals surface area contributed by atoms with Gasteiger partial charge in [0.2, 0.25) is 0 Å². The Hall–Kier alpha value is -2.30. The molecule has 2 N–H and O–H groups in total. The summed E-state index contributed by atoms with van der Waals surface area (Å²) in [6, 6.07) is 6.28. The number of aryl methyl sites for hydroxylation is 1. The van der Waals surface area contributed by atoms with Crippen molar-refractivity contribution in [3.05, 3.63) is 42.2 Å². The number of phenols is 1. The number of phenolic OH excluding ortho intramolecular Hbond substituents is 1. The maximum absolute atomic E-state index is 11.7. The molecule has 82 valence electrons. The Balaban J connectivity index is 2.10. The lowest BCUT2D eigenvalue weighted by Crippen LogP contribution is -2.10. The maximum Gasteiger partial charge on any atom is 0.258 e. The van der Waals surface area contributed by atoms with Crippen LogP contribution in [0.15, 0.2) is 36.7 Å². The SMILES string of the molecule is Cn1cc(C(=O)Nc2ccc(O)cc2)cn1. The fourth-order valence-corrected chi connectivity index (χ4v) is 1.29. The van der Waals surface area contributed by atoms with Gasteiger partial charge in [0, 0.05) is 18.9 Å². The van der Waals surface area contributed by atoms with E-state index >= 15 is 0 Å². The van der Waals surface area contributed by atoms with Gasteiger partial charge in [-0.1, -0.05) is 0 Å². The minimum atomic E-state index is -0.223. The lowest BCUT2D eigenvalue weighted by Gasteiger charge is -2.02. The molecular weight excluding hydrogens is 206 g/mol. The largest absolute Gasteiger partial charge is 0.508 e. The van der Waals surface area contributed by atoms with Gasteiger partial charge in [-0.15, -0.1) is 0 Å². The van der Waals surface area contributed by atoms with Crippen molar-refractivity contribution in [2.45, 2.75) is 0 Å². The molecule has 1 amide bonds. The topological polar surface area (TPSA) is 67.2 Å². The molecule has 0 aliphatic rings. The molecule has 0 radical (unpaired) electrons. The molecule has 0 spiro atoms. The first kappa shape index (κ1) is 10.2. The minimum absolute atomic E-state index is 0.166. The molecule has 0 atom stereocenters. The van der Waals surface area contributed by atoms with Gasteiger partial charge < -0.3 is 10.4 Å². The van der Waals surface area contributed by atoms with Crippen LogP contribution in [0.2, 0.25) is 0 Å². The molecule has 5 heteroatoms. The predicted octanol–water partition coefficient (Wildman–Crippen LogP) is 1.38. The van der Waals surface area contributed by atoms with Crippen molar-refractivity contribution < 1.29 is 9.90 Å². The Morgan fingerprint density at radius 2 is 2.06 bits per heavy atom. The fourth-order valence-electron chi connectivity index (χ4n) is 1.29. The van der Waals surface area contributed by atoms with Crippen molar-refractivity contribution in [1.29, 1.82) is 0 Å². The summed E-state index contributed by atoms with van der Waals surface area (Å²) in [6.07, 6.45) is 3.13. The fraction of sp³-hybridized carbons (Fsp3) is 0.0909. The van der Waals surface area contributed by atoms with Crippen LogP contribution in [0.1, 0.15) is 10.4 Å². The monoisotopic (exact) mass is 217 g/mol. The van der Waals surface area contributed by atoms with Gasteiger partial charge in [0.15, 0.2) is 0 Å². The molecule has 2 rings (SSSR count). The number of rotatable bonds is 2. The Morgan fingerprint density at radius 1 is 1.38 bits per heavy atom. The number of anilines is 1. The highest BCUT2D eigenvalue weighted by molar-refractivity contribution is 6.03. The van der Waals surface area contributed by atoms with Crippen LogP contribution in [-0.4, -0.2) is 20.8 Å². The van der Waals surface area contributed by atoms with E-state index in [-0.39, 0.29) is 11.7 Å². The number of aromatic hydroxyl groups is 1. The lowest BCUT2D eigenvalue weighted by molar-refractivity contribution is 0.102. The van der Waals surface area contributed by atoms with E-state index in [1.54, 1.807) is 30.1 Å². The first-order chi connectivity index (χ1) is 7.65. The molecule has 0 saturated carbocycles. The highest BCUT2D eigenvalue weighted by atomic mass is 16.3. The number of benzene rings is 1. The molecule has 1 aromatic heterocycles. The number of nitrogens with zero attached hydrogens (tertiary/aromatic N) is 2. The Labute approximate surface area is 92.3 Å². The van der Waals surface area contributed by atoms with Crippen molar-refractivity contribution >= 4 is 11.6 Å². The Kier molecular flexibility index (Phi) is 2.59. The molecule has 1 heterocycles. The van der Waals surface area contributed by atoms with Crippen molar-refractivity contribution in [3.63, 3.8) is 0 Å². The van der Waals surface area contributed by atoms with Gasteiger partial charge in [-0.3, -0.25) is 9.48 Å². The Morgan fingerprint density at radius 3 is 2.62 bits per heavy atom. The second-order valence-corrected chi connectivity index (χ2v) is 3.40. The highest BCUT2D eigenvalue weighted by Crippen LogP contribution is 2.14. The van der Waals surface area contributed by atoms with E-state index in [9.17, 15) is 4.79 Å². The van der Waals surface area contributed by atoms with Gasteiger partial charge in [-0.05, 0) is 24.3 Å². The summed E-state index contributed by atoms with van der Waals surface area (Å²) < 4.78 is 1.56. The summed E-state index contributed by atoms with van der Waals surface area (Å²) in [5, 5.41) is 15.7. The smallest absolute Gasteiger partial charge is 0.258 e. The van der Waals surface area contributed by atoms with Crippen LogP contribution in [0.3, 0.4) is 0 Å². The molecular formula is C11H11N3O2. The molecule has 0 aliphatic heterocycles. The number of nitrogens with one attached hydrogen (secondary N) is 1. The van der Waals surface area contributed by atoms with Gasteiger partial charge in [-0.25, -0.2) is 0 Å². The van der Waals surface area contributed by atoms with Gasteiger partial charge in [0.1, 0.15) is 5.75 Å². The van der Waals surface area contributed by atoms with E-state index in [2.05, 4.69) is 10.4 Å². The maximum atomic E-state index is 11.7.